The smallest absolute Gasteiger partial charge is 0.234 e. The molecule has 0 bridgehead atoms. The molecule has 1 amide bonds. The second-order valence-electron chi connectivity index (χ2n) is 6.48. The summed E-state index contributed by atoms with van der Waals surface area (Å²) >= 11 is 3.11. The van der Waals surface area contributed by atoms with Gasteiger partial charge in [-0.1, -0.05) is 43.8 Å². The van der Waals surface area contributed by atoms with E-state index in [9.17, 15) is 4.79 Å². The quantitative estimate of drug-likeness (QED) is 0.556. The largest absolute Gasteiger partial charge is 0.325 e. The van der Waals surface area contributed by atoms with E-state index in [-0.39, 0.29) is 5.91 Å². The Morgan fingerprint density at radius 3 is 2.70 bits per heavy atom. The van der Waals surface area contributed by atoms with E-state index in [0.29, 0.717) is 11.7 Å². The minimum absolute atomic E-state index is 0.0425. The molecular formula is C20H24N4OS2. The average molecular weight is 401 g/mol. The molecule has 2 heterocycles. The molecular weight excluding hydrogens is 376 g/mol. The van der Waals surface area contributed by atoms with Gasteiger partial charge in [0.1, 0.15) is 5.82 Å². The van der Waals surface area contributed by atoms with Gasteiger partial charge in [-0.05, 0) is 41.5 Å². The van der Waals surface area contributed by atoms with E-state index in [1.807, 2.05) is 29.8 Å². The van der Waals surface area contributed by atoms with Gasteiger partial charge in [-0.25, -0.2) is 0 Å². The number of nitrogens with one attached hydrogen (secondary N) is 1. The molecule has 142 valence electrons. The molecule has 1 N–H and O–H groups in total. The summed E-state index contributed by atoms with van der Waals surface area (Å²) in [6.45, 7) is 4.38. The van der Waals surface area contributed by atoms with E-state index < -0.39 is 0 Å². The lowest BCUT2D eigenvalue weighted by molar-refractivity contribution is -0.113. The maximum Gasteiger partial charge on any atom is 0.234 e. The Hall–Kier alpha value is -2.12. The second-order valence-corrected chi connectivity index (χ2v) is 8.46. The fourth-order valence-electron chi connectivity index (χ4n) is 2.65. The zero-order valence-electron chi connectivity index (χ0n) is 15.8. The molecule has 0 spiro atoms. The summed E-state index contributed by atoms with van der Waals surface area (Å²) in [6, 6.07) is 12.2. The van der Waals surface area contributed by atoms with Crippen molar-refractivity contribution in [2.75, 3.05) is 11.1 Å². The van der Waals surface area contributed by atoms with Gasteiger partial charge in [0.25, 0.3) is 0 Å². The average Bonchev–Trinajstić information content (AvgIpc) is 3.31. The number of anilines is 1. The summed E-state index contributed by atoms with van der Waals surface area (Å²) in [5.41, 5.74) is 2.12. The molecule has 0 saturated carbocycles. The predicted molar refractivity (Wildman–Crippen MR) is 113 cm³/mol. The molecule has 0 fully saturated rings. The first-order chi connectivity index (χ1) is 13.1. The van der Waals surface area contributed by atoms with Gasteiger partial charge in [0.15, 0.2) is 5.16 Å². The number of thioether (sulfide) groups is 1. The Bertz CT molecular complexity index is 872. The van der Waals surface area contributed by atoms with Gasteiger partial charge < -0.3 is 9.88 Å². The van der Waals surface area contributed by atoms with Crippen molar-refractivity contribution in [1.29, 1.82) is 0 Å². The number of carbonyl (C=O) groups excluding carboxylic acids is 1. The van der Waals surface area contributed by atoms with Crippen LogP contribution < -0.4 is 5.32 Å². The molecule has 0 aliphatic carbocycles. The van der Waals surface area contributed by atoms with Crippen LogP contribution in [0, 0.1) is 0 Å². The van der Waals surface area contributed by atoms with Gasteiger partial charge >= 0.3 is 0 Å². The number of benzene rings is 1. The standard InChI is InChI=1S/C20H24N4OS2/c1-4-14(2)15-7-9-16(10-8-15)21-19(25)13-27-20-23-22-18(24(20)3)12-17-6-5-11-26-17/h5-11,14H,4,12-13H2,1-3H3,(H,21,25)/t14-/m0/s1. The summed E-state index contributed by atoms with van der Waals surface area (Å²) in [5, 5.41) is 14.2. The van der Waals surface area contributed by atoms with Crippen molar-refractivity contribution in [2.24, 2.45) is 7.05 Å². The molecule has 0 aliphatic rings. The van der Waals surface area contributed by atoms with E-state index in [4.69, 9.17) is 0 Å². The molecule has 3 aromatic rings. The van der Waals surface area contributed by atoms with Gasteiger partial charge in [-0.3, -0.25) is 4.79 Å². The summed E-state index contributed by atoms with van der Waals surface area (Å²) < 4.78 is 1.96. The van der Waals surface area contributed by atoms with E-state index in [2.05, 4.69) is 52.9 Å². The highest BCUT2D eigenvalue weighted by Gasteiger charge is 2.12. The van der Waals surface area contributed by atoms with Crippen LogP contribution in [0.4, 0.5) is 5.69 Å². The minimum atomic E-state index is -0.0425. The number of amides is 1. The van der Waals surface area contributed by atoms with E-state index in [1.54, 1.807) is 11.3 Å². The molecule has 5 nitrogen and oxygen atoms in total. The lowest BCUT2D eigenvalue weighted by atomic mass is 9.99. The summed E-state index contributed by atoms with van der Waals surface area (Å²) in [6.07, 6.45) is 1.87. The Morgan fingerprint density at radius 2 is 2.04 bits per heavy atom. The normalized spacial score (nSPS) is 12.1. The molecule has 7 heteroatoms. The number of hydrogen-bond donors (Lipinski definition) is 1. The molecule has 0 radical (unpaired) electrons. The molecule has 0 unspecified atom stereocenters. The second kappa shape index (κ2) is 9.19. The van der Waals surface area contributed by atoms with Crippen LogP contribution in [-0.4, -0.2) is 26.4 Å². The third kappa shape index (κ3) is 5.20. The highest BCUT2D eigenvalue weighted by atomic mass is 32.2. The number of nitrogens with zero attached hydrogens (tertiary/aromatic N) is 3. The van der Waals surface area contributed by atoms with Crippen molar-refractivity contribution in [3.8, 4) is 0 Å². The van der Waals surface area contributed by atoms with Gasteiger partial charge in [0, 0.05) is 24.0 Å². The Labute approximate surface area is 168 Å². The van der Waals surface area contributed by atoms with Crippen LogP contribution in [0.1, 0.15) is 42.5 Å². The molecule has 27 heavy (non-hydrogen) atoms. The zero-order chi connectivity index (χ0) is 19.2. The van der Waals surface area contributed by atoms with Gasteiger partial charge in [0.2, 0.25) is 5.91 Å². The van der Waals surface area contributed by atoms with E-state index in [0.717, 1.165) is 29.5 Å². The van der Waals surface area contributed by atoms with Crippen molar-refractivity contribution in [2.45, 2.75) is 37.8 Å². The molecule has 3 rings (SSSR count). The highest BCUT2D eigenvalue weighted by molar-refractivity contribution is 7.99. The maximum atomic E-state index is 12.2. The van der Waals surface area contributed by atoms with Crippen molar-refractivity contribution in [3.63, 3.8) is 0 Å². The molecule has 0 aliphatic heterocycles. The first-order valence-corrected chi connectivity index (χ1v) is 10.9. The van der Waals surface area contributed by atoms with Gasteiger partial charge in [-0.2, -0.15) is 0 Å². The first kappa shape index (κ1) is 19.6. The van der Waals surface area contributed by atoms with Crippen molar-refractivity contribution >= 4 is 34.7 Å². The van der Waals surface area contributed by atoms with Crippen LogP contribution >= 0.6 is 23.1 Å². The van der Waals surface area contributed by atoms with E-state index in [1.165, 1.54) is 22.2 Å². The van der Waals surface area contributed by atoms with Crippen LogP contribution in [0.3, 0.4) is 0 Å². The fourth-order valence-corrected chi connectivity index (χ4v) is 4.08. The Morgan fingerprint density at radius 1 is 1.26 bits per heavy atom. The monoisotopic (exact) mass is 400 g/mol. The topological polar surface area (TPSA) is 59.8 Å². The third-order valence-electron chi connectivity index (χ3n) is 4.55. The first-order valence-electron chi connectivity index (χ1n) is 9.00. The highest BCUT2D eigenvalue weighted by Crippen LogP contribution is 2.22. The SMILES string of the molecule is CC[C@H](C)c1ccc(NC(=O)CSc2nnc(Cc3cccs3)n2C)cc1. The molecule has 1 atom stereocenters. The van der Waals surface area contributed by atoms with Crippen molar-refractivity contribution in [1.82, 2.24) is 14.8 Å². The summed E-state index contributed by atoms with van der Waals surface area (Å²) in [7, 11) is 1.94. The maximum absolute atomic E-state index is 12.2. The fraction of sp³-hybridized carbons (Fsp3) is 0.350. The number of rotatable bonds is 8. The van der Waals surface area contributed by atoms with Crippen LogP contribution in [0.5, 0.6) is 0 Å². The van der Waals surface area contributed by atoms with Crippen molar-refractivity contribution in [3.05, 3.63) is 58.0 Å². The Balaban J connectivity index is 1.52. The predicted octanol–water partition coefficient (Wildman–Crippen LogP) is 4.71. The number of aromatic nitrogens is 3. The third-order valence-corrected chi connectivity index (χ3v) is 6.44. The summed E-state index contributed by atoms with van der Waals surface area (Å²) in [4.78, 5) is 13.5. The molecule has 1 aromatic carbocycles. The number of carbonyl (C=O) groups is 1. The lowest BCUT2D eigenvalue weighted by Crippen LogP contribution is -2.14. The lowest BCUT2D eigenvalue weighted by Gasteiger charge is -2.10. The van der Waals surface area contributed by atoms with Gasteiger partial charge in [0.05, 0.1) is 5.75 Å². The van der Waals surface area contributed by atoms with Crippen LogP contribution in [0.15, 0.2) is 46.9 Å². The molecule has 2 aromatic heterocycles. The van der Waals surface area contributed by atoms with Crippen LogP contribution in [-0.2, 0) is 18.3 Å². The van der Waals surface area contributed by atoms with Crippen molar-refractivity contribution < 1.29 is 4.79 Å². The van der Waals surface area contributed by atoms with Crippen LogP contribution in [0.2, 0.25) is 0 Å². The Kier molecular flexibility index (Phi) is 6.68. The molecule has 0 saturated heterocycles. The zero-order valence-corrected chi connectivity index (χ0v) is 17.4. The number of hydrogen-bond acceptors (Lipinski definition) is 5. The minimum Gasteiger partial charge on any atom is -0.325 e. The number of thiophene rings is 1. The van der Waals surface area contributed by atoms with Crippen LogP contribution in [0.25, 0.3) is 0 Å². The summed E-state index contributed by atoms with van der Waals surface area (Å²) in [5.74, 6) is 1.70. The van der Waals surface area contributed by atoms with E-state index >= 15 is 0 Å². The van der Waals surface area contributed by atoms with Gasteiger partial charge in [-0.15, -0.1) is 21.5 Å².